The van der Waals surface area contributed by atoms with Crippen molar-refractivity contribution in [2.45, 2.75) is 26.8 Å². The van der Waals surface area contributed by atoms with Gasteiger partial charge in [0.15, 0.2) is 11.5 Å². The molecule has 0 aliphatic carbocycles. The lowest BCUT2D eigenvalue weighted by atomic mass is 9.95. The van der Waals surface area contributed by atoms with Gasteiger partial charge in [-0.2, -0.15) is 0 Å². The maximum absolute atomic E-state index is 11.1. The highest BCUT2D eigenvalue weighted by molar-refractivity contribution is 5.86. The second-order valence-corrected chi connectivity index (χ2v) is 7.45. The van der Waals surface area contributed by atoms with E-state index < -0.39 is 0 Å². The summed E-state index contributed by atoms with van der Waals surface area (Å²) in [5, 5.41) is 15.5. The Kier molecular flexibility index (Phi) is 6.40. The smallest absolute Gasteiger partial charge is 0.161 e. The summed E-state index contributed by atoms with van der Waals surface area (Å²) in [5.74, 6) is 2.20. The van der Waals surface area contributed by atoms with Crippen molar-refractivity contribution in [3.63, 3.8) is 0 Å². The van der Waals surface area contributed by atoms with Crippen molar-refractivity contribution in [3.8, 4) is 17.2 Å². The quantitative estimate of drug-likeness (QED) is 0.377. The van der Waals surface area contributed by atoms with Crippen LogP contribution in [0.1, 0.15) is 36.6 Å². The molecule has 0 radical (unpaired) electrons. The van der Waals surface area contributed by atoms with Crippen molar-refractivity contribution in [2.75, 3.05) is 18.5 Å². The van der Waals surface area contributed by atoms with Crippen LogP contribution in [0, 0.1) is 6.92 Å². The number of fused-ring (bicyclic) bond motifs is 1. The van der Waals surface area contributed by atoms with E-state index in [-0.39, 0.29) is 11.8 Å². The molecule has 4 rings (SSSR count). The second-order valence-electron chi connectivity index (χ2n) is 7.45. The maximum atomic E-state index is 11.1. The number of aromatic hydroxyl groups is 1. The molecule has 0 spiro atoms. The summed E-state index contributed by atoms with van der Waals surface area (Å²) in [5.41, 5.74) is 3.26. The molecule has 164 valence electrons. The highest BCUT2D eigenvalue weighted by Crippen LogP contribution is 2.39. The zero-order valence-corrected chi connectivity index (χ0v) is 18.5. The van der Waals surface area contributed by atoms with E-state index in [4.69, 9.17) is 9.47 Å². The fourth-order valence-electron chi connectivity index (χ4n) is 3.73. The minimum absolute atomic E-state index is 0.139. The number of benzene rings is 2. The van der Waals surface area contributed by atoms with Crippen LogP contribution in [-0.2, 0) is 0 Å². The van der Waals surface area contributed by atoms with E-state index in [0.29, 0.717) is 41.6 Å². The van der Waals surface area contributed by atoms with Crippen molar-refractivity contribution in [1.82, 2.24) is 9.97 Å². The molecule has 6 nitrogen and oxygen atoms in total. The summed E-state index contributed by atoms with van der Waals surface area (Å²) in [6, 6.07) is 17.0. The molecule has 6 heteroatoms. The standard InChI is InChI=1S/C26H27N3O3/c1-4-31-21-11-9-19(16-22(21)32-5-2)24(29-23-15-17(3)12-14-27-23)20-10-8-18-7-6-13-28-25(18)26(20)30/h6-16,24,30H,4-5H2,1-3H3,(H,27,29)/t24-/m0/s1. The molecule has 2 N–H and O–H groups in total. The van der Waals surface area contributed by atoms with E-state index in [1.807, 2.05) is 75.4 Å². The number of aromatic nitrogens is 2. The van der Waals surface area contributed by atoms with Crippen molar-refractivity contribution >= 4 is 16.7 Å². The molecule has 1 atom stereocenters. The fraction of sp³-hybridized carbons (Fsp3) is 0.231. The average molecular weight is 430 g/mol. The Balaban J connectivity index is 1.85. The van der Waals surface area contributed by atoms with E-state index in [9.17, 15) is 5.11 Å². The van der Waals surface area contributed by atoms with Crippen molar-refractivity contribution in [2.24, 2.45) is 0 Å². The minimum atomic E-state index is -0.384. The Morgan fingerprint density at radius 3 is 2.50 bits per heavy atom. The SMILES string of the molecule is CCOc1ccc([C@H](Nc2cc(C)ccn2)c2ccc3cccnc3c2O)cc1OCC. The number of aryl methyl sites for hydroxylation is 1. The first kappa shape index (κ1) is 21.4. The highest BCUT2D eigenvalue weighted by Gasteiger charge is 2.22. The van der Waals surface area contributed by atoms with Crippen molar-refractivity contribution < 1.29 is 14.6 Å². The number of hydrogen-bond acceptors (Lipinski definition) is 6. The third-order valence-electron chi connectivity index (χ3n) is 5.20. The molecular formula is C26H27N3O3. The highest BCUT2D eigenvalue weighted by atomic mass is 16.5. The molecule has 2 aromatic carbocycles. The number of nitrogens with one attached hydrogen (secondary N) is 1. The molecule has 4 aromatic rings. The summed E-state index contributed by atoms with van der Waals surface area (Å²) in [6.07, 6.45) is 3.45. The lowest BCUT2D eigenvalue weighted by Gasteiger charge is -2.23. The lowest BCUT2D eigenvalue weighted by molar-refractivity contribution is 0.287. The van der Waals surface area contributed by atoms with Crippen molar-refractivity contribution in [1.29, 1.82) is 0 Å². The minimum Gasteiger partial charge on any atom is -0.505 e. The van der Waals surface area contributed by atoms with Crippen LogP contribution >= 0.6 is 0 Å². The van der Waals surface area contributed by atoms with Gasteiger partial charge in [0, 0.05) is 23.3 Å². The summed E-state index contributed by atoms with van der Waals surface area (Å²) < 4.78 is 11.6. The zero-order chi connectivity index (χ0) is 22.5. The van der Waals surface area contributed by atoms with Crippen LogP contribution in [0.2, 0.25) is 0 Å². The van der Waals surface area contributed by atoms with E-state index in [1.165, 1.54) is 0 Å². The number of hydrogen-bond donors (Lipinski definition) is 2. The molecule has 0 aliphatic rings. The summed E-state index contributed by atoms with van der Waals surface area (Å²) in [6.45, 7) is 6.97. The molecule has 0 amide bonds. The molecule has 0 bridgehead atoms. The van der Waals surface area contributed by atoms with Gasteiger partial charge in [0.25, 0.3) is 0 Å². The predicted octanol–water partition coefficient (Wildman–Crippen LogP) is 5.64. The maximum Gasteiger partial charge on any atom is 0.161 e. The first-order valence-electron chi connectivity index (χ1n) is 10.8. The number of rotatable bonds is 8. The number of phenolic OH excluding ortho intramolecular Hbond substituents is 1. The number of phenols is 1. The van der Waals surface area contributed by atoms with Crippen molar-refractivity contribution in [3.05, 3.63) is 83.7 Å². The van der Waals surface area contributed by atoms with E-state index in [0.717, 1.165) is 16.5 Å². The Bertz CT molecular complexity index is 1230. The van der Waals surface area contributed by atoms with Gasteiger partial charge in [-0.1, -0.05) is 24.3 Å². The molecule has 2 aromatic heterocycles. The van der Waals surface area contributed by atoms with Crippen LogP contribution in [-0.4, -0.2) is 28.3 Å². The van der Waals surface area contributed by atoms with Crippen LogP contribution < -0.4 is 14.8 Å². The van der Waals surface area contributed by atoms with Gasteiger partial charge in [0.05, 0.1) is 19.3 Å². The monoisotopic (exact) mass is 429 g/mol. The summed E-state index contributed by atoms with van der Waals surface area (Å²) in [7, 11) is 0. The van der Waals surface area contributed by atoms with Crippen LogP contribution in [0.3, 0.4) is 0 Å². The van der Waals surface area contributed by atoms with Gasteiger partial charge in [-0.25, -0.2) is 4.98 Å². The lowest BCUT2D eigenvalue weighted by Crippen LogP contribution is -2.14. The van der Waals surface area contributed by atoms with Crippen LogP contribution in [0.4, 0.5) is 5.82 Å². The molecule has 0 saturated carbocycles. The van der Waals surface area contributed by atoms with E-state index in [1.54, 1.807) is 12.4 Å². The molecule has 0 unspecified atom stereocenters. The Morgan fingerprint density at radius 1 is 0.906 bits per heavy atom. The topological polar surface area (TPSA) is 76.5 Å². The molecule has 0 fully saturated rings. The number of pyridine rings is 2. The third-order valence-corrected chi connectivity index (χ3v) is 5.20. The normalized spacial score (nSPS) is 11.8. The molecular weight excluding hydrogens is 402 g/mol. The van der Waals surface area contributed by atoms with Gasteiger partial charge in [-0.3, -0.25) is 4.98 Å². The Labute approximate surface area is 187 Å². The second kappa shape index (κ2) is 9.56. The predicted molar refractivity (Wildman–Crippen MR) is 127 cm³/mol. The Morgan fingerprint density at radius 2 is 1.72 bits per heavy atom. The van der Waals surface area contributed by atoms with Crippen LogP contribution in [0.25, 0.3) is 10.9 Å². The molecule has 2 heterocycles. The van der Waals surface area contributed by atoms with Gasteiger partial charge in [-0.15, -0.1) is 0 Å². The molecule has 0 saturated heterocycles. The van der Waals surface area contributed by atoms with Gasteiger partial charge in [0.1, 0.15) is 17.1 Å². The van der Waals surface area contributed by atoms with Crippen LogP contribution in [0.15, 0.2) is 67.0 Å². The van der Waals surface area contributed by atoms with Crippen LogP contribution in [0.5, 0.6) is 17.2 Å². The van der Waals surface area contributed by atoms with Gasteiger partial charge < -0.3 is 19.9 Å². The number of ether oxygens (including phenoxy) is 2. The van der Waals surface area contributed by atoms with Gasteiger partial charge in [-0.05, 0) is 62.2 Å². The molecule has 32 heavy (non-hydrogen) atoms. The largest absolute Gasteiger partial charge is 0.505 e. The van der Waals surface area contributed by atoms with E-state index in [2.05, 4.69) is 15.3 Å². The zero-order valence-electron chi connectivity index (χ0n) is 18.5. The third kappa shape index (κ3) is 4.44. The van der Waals surface area contributed by atoms with E-state index >= 15 is 0 Å². The fourth-order valence-corrected chi connectivity index (χ4v) is 3.73. The number of nitrogens with zero attached hydrogens (tertiary/aromatic N) is 2. The summed E-state index contributed by atoms with van der Waals surface area (Å²) >= 11 is 0. The molecule has 0 aliphatic heterocycles. The number of anilines is 1. The average Bonchev–Trinajstić information content (AvgIpc) is 2.80. The summed E-state index contributed by atoms with van der Waals surface area (Å²) in [4.78, 5) is 8.85. The first-order valence-corrected chi connectivity index (χ1v) is 10.8. The van der Waals surface area contributed by atoms with Gasteiger partial charge in [0.2, 0.25) is 0 Å². The first-order chi connectivity index (χ1) is 15.6. The van der Waals surface area contributed by atoms with Gasteiger partial charge >= 0.3 is 0 Å². The Hall–Kier alpha value is -3.80.